The first kappa shape index (κ1) is 15.7. The number of aryl methyl sites for hydroxylation is 1. The molecule has 0 bridgehead atoms. The molecule has 0 saturated carbocycles. The lowest BCUT2D eigenvalue weighted by Gasteiger charge is -2.36. The third-order valence-electron chi connectivity index (χ3n) is 4.12. The molecule has 124 valence electrons. The van der Waals surface area contributed by atoms with Crippen molar-refractivity contribution < 1.29 is 4.79 Å². The van der Waals surface area contributed by atoms with Crippen LogP contribution in [0.2, 0.25) is 0 Å². The lowest BCUT2D eigenvalue weighted by molar-refractivity contribution is -0.133. The Hall–Kier alpha value is -2.18. The van der Waals surface area contributed by atoms with E-state index in [2.05, 4.69) is 40.7 Å². The largest absolute Gasteiger partial charge is 0.352 e. The summed E-state index contributed by atoms with van der Waals surface area (Å²) in [6, 6.07) is 0. The molecule has 1 amide bonds. The van der Waals surface area contributed by atoms with Crippen LogP contribution in [0, 0.1) is 5.41 Å². The zero-order valence-electron chi connectivity index (χ0n) is 14.3. The van der Waals surface area contributed by atoms with Crippen molar-refractivity contribution in [1.82, 2.24) is 24.6 Å². The van der Waals surface area contributed by atoms with Crippen molar-refractivity contribution in [3.63, 3.8) is 0 Å². The Labute approximate surface area is 136 Å². The van der Waals surface area contributed by atoms with Crippen LogP contribution in [-0.4, -0.2) is 56.7 Å². The fourth-order valence-electron chi connectivity index (χ4n) is 2.93. The van der Waals surface area contributed by atoms with E-state index in [0.29, 0.717) is 6.42 Å². The van der Waals surface area contributed by atoms with Gasteiger partial charge in [-0.25, -0.2) is 9.97 Å². The molecule has 2 aromatic rings. The van der Waals surface area contributed by atoms with Crippen molar-refractivity contribution in [2.45, 2.75) is 27.2 Å². The van der Waals surface area contributed by atoms with Gasteiger partial charge in [0, 0.05) is 39.6 Å². The minimum absolute atomic E-state index is 0.0305. The number of hydrogen-bond acceptors (Lipinski definition) is 5. The fourth-order valence-corrected chi connectivity index (χ4v) is 2.93. The Bertz CT molecular complexity index is 709. The van der Waals surface area contributed by atoms with Gasteiger partial charge >= 0.3 is 0 Å². The van der Waals surface area contributed by atoms with Gasteiger partial charge in [-0.15, -0.1) is 0 Å². The number of piperazine rings is 1. The average molecular weight is 316 g/mol. The molecule has 3 rings (SSSR count). The third kappa shape index (κ3) is 3.28. The van der Waals surface area contributed by atoms with Gasteiger partial charge in [0.1, 0.15) is 12.1 Å². The summed E-state index contributed by atoms with van der Waals surface area (Å²) in [5.74, 6) is 1.15. The molecular formula is C16H24N6O. The molecule has 7 heteroatoms. The Morgan fingerprint density at radius 3 is 2.52 bits per heavy atom. The Morgan fingerprint density at radius 2 is 1.87 bits per heavy atom. The third-order valence-corrected chi connectivity index (χ3v) is 4.12. The summed E-state index contributed by atoms with van der Waals surface area (Å²) in [6.07, 6.45) is 3.98. The lowest BCUT2D eigenvalue weighted by Crippen LogP contribution is -2.49. The van der Waals surface area contributed by atoms with Crippen LogP contribution in [0.5, 0.6) is 0 Å². The highest BCUT2D eigenvalue weighted by molar-refractivity contribution is 5.86. The summed E-state index contributed by atoms with van der Waals surface area (Å²) < 4.78 is 1.75. The minimum Gasteiger partial charge on any atom is -0.352 e. The Balaban J connectivity index is 1.70. The maximum Gasteiger partial charge on any atom is 0.223 e. The number of anilines is 1. The van der Waals surface area contributed by atoms with Crippen molar-refractivity contribution in [1.29, 1.82) is 0 Å². The van der Waals surface area contributed by atoms with Gasteiger partial charge in [0.25, 0.3) is 0 Å². The van der Waals surface area contributed by atoms with Gasteiger partial charge in [0.15, 0.2) is 5.65 Å². The van der Waals surface area contributed by atoms with E-state index in [0.717, 1.165) is 43.0 Å². The number of amides is 1. The number of fused-ring (bicyclic) bond motifs is 1. The number of rotatable bonds is 2. The molecule has 1 saturated heterocycles. The number of nitrogens with zero attached hydrogens (tertiary/aromatic N) is 6. The summed E-state index contributed by atoms with van der Waals surface area (Å²) in [6.45, 7) is 9.35. The van der Waals surface area contributed by atoms with E-state index < -0.39 is 0 Å². The molecule has 0 atom stereocenters. The molecule has 0 radical (unpaired) electrons. The number of hydrogen-bond donors (Lipinski definition) is 0. The second kappa shape index (κ2) is 5.79. The van der Waals surface area contributed by atoms with Gasteiger partial charge in [-0.3, -0.25) is 9.48 Å². The molecule has 0 spiro atoms. The molecule has 0 aromatic carbocycles. The van der Waals surface area contributed by atoms with Crippen molar-refractivity contribution in [2.75, 3.05) is 31.1 Å². The topological polar surface area (TPSA) is 67.2 Å². The fraction of sp³-hybridized carbons (Fsp3) is 0.625. The molecule has 7 nitrogen and oxygen atoms in total. The second-order valence-electron chi connectivity index (χ2n) is 7.31. The van der Waals surface area contributed by atoms with Gasteiger partial charge in [0.05, 0.1) is 11.6 Å². The van der Waals surface area contributed by atoms with Crippen LogP contribution in [0.1, 0.15) is 27.2 Å². The summed E-state index contributed by atoms with van der Waals surface area (Å²) in [4.78, 5) is 25.2. The molecule has 0 N–H and O–H groups in total. The van der Waals surface area contributed by atoms with E-state index in [4.69, 9.17) is 0 Å². The van der Waals surface area contributed by atoms with Gasteiger partial charge in [-0.2, -0.15) is 5.10 Å². The summed E-state index contributed by atoms with van der Waals surface area (Å²) in [5.41, 5.74) is 0.865. The average Bonchev–Trinajstić information content (AvgIpc) is 2.87. The minimum atomic E-state index is 0.0305. The van der Waals surface area contributed by atoms with Crippen LogP contribution in [0.3, 0.4) is 0 Å². The number of aromatic nitrogens is 4. The van der Waals surface area contributed by atoms with Crippen molar-refractivity contribution in [2.24, 2.45) is 12.5 Å². The molecular weight excluding hydrogens is 292 g/mol. The Morgan fingerprint density at radius 1 is 1.17 bits per heavy atom. The van der Waals surface area contributed by atoms with Gasteiger partial charge in [0.2, 0.25) is 5.91 Å². The highest BCUT2D eigenvalue weighted by atomic mass is 16.2. The zero-order valence-corrected chi connectivity index (χ0v) is 14.3. The molecule has 1 aliphatic rings. The van der Waals surface area contributed by atoms with Crippen LogP contribution in [-0.2, 0) is 11.8 Å². The lowest BCUT2D eigenvalue weighted by atomic mass is 9.91. The van der Waals surface area contributed by atoms with Crippen LogP contribution in [0.4, 0.5) is 5.82 Å². The smallest absolute Gasteiger partial charge is 0.223 e. The van der Waals surface area contributed by atoms with Crippen molar-refractivity contribution >= 4 is 22.8 Å². The SMILES string of the molecule is Cn1ncc2c(N3CCN(C(=O)CC(C)(C)C)CC3)ncnc21. The van der Waals surface area contributed by atoms with Gasteiger partial charge in [-0.1, -0.05) is 20.8 Å². The molecule has 1 aliphatic heterocycles. The van der Waals surface area contributed by atoms with Crippen LogP contribution >= 0.6 is 0 Å². The molecule has 1 fully saturated rings. The summed E-state index contributed by atoms with van der Waals surface area (Å²) in [7, 11) is 1.88. The van der Waals surface area contributed by atoms with E-state index in [1.54, 1.807) is 11.0 Å². The second-order valence-corrected chi connectivity index (χ2v) is 7.31. The molecule has 0 aliphatic carbocycles. The van der Waals surface area contributed by atoms with E-state index >= 15 is 0 Å². The maximum atomic E-state index is 12.3. The quantitative estimate of drug-likeness (QED) is 0.839. The summed E-state index contributed by atoms with van der Waals surface area (Å²) in [5, 5.41) is 5.22. The van der Waals surface area contributed by atoms with E-state index in [1.807, 2.05) is 18.1 Å². The van der Waals surface area contributed by atoms with E-state index in [1.165, 1.54) is 0 Å². The normalized spacial score (nSPS) is 16.2. The van der Waals surface area contributed by atoms with Crippen LogP contribution in [0.25, 0.3) is 11.0 Å². The van der Waals surface area contributed by atoms with Crippen molar-refractivity contribution in [3.8, 4) is 0 Å². The predicted molar refractivity (Wildman–Crippen MR) is 89.2 cm³/mol. The van der Waals surface area contributed by atoms with Gasteiger partial charge in [-0.05, 0) is 5.41 Å². The van der Waals surface area contributed by atoms with Crippen LogP contribution in [0.15, 0.2) is 12.5 Å². The predicted octanol–water partition coefficient (Wildman–Crippen LogP) is 1.45. The molecule has 2 aromatic heterocycles. The number of carbonyl (C=O) groups excluding carboxylic acids is 1. The van der Waals surface area contributed by atoms with E-state index in [9.17, 15) is 4.79 Å². The first-order valence-corrected chi connectivity index (χ1v) is 8.00. The summed E-state index contributed by atoms with van der Waals surface area (Å²) >= 11 is 0. The highest BCUT2D eigenvalue weighted by Gasteiger charge is 2.26. The van der Waals surface area contributed by atoms with Crippen molar-refractivity contribution in [3.05, 3.63) is 12.5 Å². The highest BCUT2D eigenvalue weighted by Crippen LogP contribution is 2.24. The molecule has 0 unspecified atom stereocenters. The molecule has 3 heterocycles. The van der Waals surface area contributed by atoms with Crippen LogP contribution < -0.4 is 4.90 Å². The maximum absolute atomic E-state index is 12.3. The number of carbonyl (C=O) groups is 1. The first-order chi connectivity index (χ1) is 10.8. The zero-order chi connectivity index (χ0) is 16.6. The molecule has 23 heavy (non-hydrogen) atoms. The standard InChI is InChI=1S/C16H24N6O/c1-16(2,3)9-13(23)21-5-7-22(8-6-21)15-12-10-19-20(4)14(12)17-11-18-15/h10-11H,5-9H2,1-4H3. The Kier molecular flexibility index (Phi) is 3.95. The van der Waals surface area contributed by atoms with Gasteiger partial charge < -0.3 is 9.80 Å². The monoisotopic (exact) mass is 316 g/mol. The van der Waals surface area contributed by atoms with E-state index in [-0.39, 0.29) is 11.3 Å². The first-order valence-electron chi connectivity index (χ1n) is 8.00.